The van der Waals surface area contributed by atoms with Gasteiger partial charge in [-0.3, -0.25) is 0 Å². The molecule has 1 saturated heterocycles. The van der Waals surface area contributed by atoms with Crippen molar-refractivity contribution >= 4 is 27.4 Å². The van der Waals surface area contributed by atoms with Crippen LogP contribution in [0.1, 0.15) is 44.5 Å². The fraction of sp³-hybridized carbons (Fsp3) is 0.471. The van der Waals surface area contributed by atoms with E-state index < -0.39 is 0 Å². The molecule has 3 aromatic heterocycles. The summed E-state index contributed by atoms with van der Waals surface area (Å²) in [5.74, 6) is 2.87. The molecule has 0 atom stereocenters. The molecule has 0 aromatic carbocycles. The van der Waals surface area contributed by atoms with E-state index in [-0.39, 0.29) is 0 Å². The van der Waals surface area contributed by atoms with Gasteiger partial charge in [-0.15, -0.1) is 11.3 Å². The summed E-state index contributed by atoms with van der Waals surface area (Å²) in [5.41, 5.74) is 0. The average molecular weight is 327 g/mol. The number of nitrogens with zero attached hydrogens (tertiary/aromatic N) is 5. The molecule has 1 fully saturated rings. The van der Waals surface area contributed by atoms with Crippen LogP contribution in [0.25, 0.3) is 10.2 Å². The third-order valence-electron chi connectivity index (χ3n) is 4.66. The number of thiophene rings is 1. The van der Waals surface area contributed by atoms with Gasteiger partial charge >= 0.3 is 0 Å². The molecule has 6 heteroatoms. The van der Waals surface area contributed by atoms with Crippen molar-refractivity contribution in [2.45, 2.75) is 38.6 Å². The predicted molar refractivity (Wildman–Crippen MR) is 94.2 cm³/mol. The Hall–Kier alpha value is -1.95. The van der Waals surface area contributed by atoms with Gasteiger partial charge in [-0.25, -0.2) is 15.0 Å². The Bertz CT molecular complexity index is 798. The zero-order valence-corrected chi connectivity index (χ0v) is 14.3. The van der Waals surface area contributed by atoms with E-state index in [0.29, 0.717) is 12.0 Å². The van der Waals surface area contributed by atoms with Crippen LogP contribution in [0, 0.1) is 0 Å². The first-order chi connectivity index (χ1) is 11.2. The third-order valence-corrected chi connectivity index (χ3v) is 5.48. The minimum Gasteiger partial charge on any atom is -0.356 e. The maximum Gasteiger partial charge on any atom is 0.140 e. The van der Waals surface area contributed by atoms with E-state index in [9.17, 15) is 0 Å². The van der Waals surface area contributed by atoms with Gasteiger partial charge in [-0.1, -0.05) is 0 Å². The fourth-order valence-corrected chi connectivity index (χ4v) is 4.18. The number of rotatable bonds is 3. The van der Waals surface area contributed by atoms with Crippen LogP contribution in [0.2, 0.25) is 0 Å². The lowest BCUT2D eigenvalue weighted by Crippen LogP contribution is -2.34. The smallest absolute Gasteiger partial charge is 0.140 e. The molecule has 1 aliphatic rings. The van der Waals surface area contributed by atoms with Crippen molar-refractivity contribution in [3.63, 3.8) is 0 Å². The lowest BCUT2D eigenvalue weighted by molar-refractivity contribution is 0.448. The molecule has 0 saturated carbocycles. The summed E-state index contributed by atoms with van der Waals surface area (Å²) in [7, 11) is 0. The number of piperidine rings is 1. The van der Waals surface area contributed by atoms with E-state index in [0.717, 1.165) is 36.6 Å². The summed E-state index contributed by atoms with van der Waals surface area (Å²) in [5, 5.41) is 3.27. The quantitative estimate of drug-likeness (QED) is 0.733. The van der Waals surface area contributed by atoms with E-state index >= 15 is 0 Å². The van der Waals surface area contributed by atoms with Crippen molar-refractivity contribution < 1.29 is 0 Å². The molecule has 0 aliphatic carbocycles. The number of aromatic nitrogens is 4. The molecule has 120 valence electrons. The molecular formula is C17H21N5S. The maximum atomic E-state index is 4.62. The normalized spacial score (nSPS) is 16.6. The van der Waals surface area contributed by atoms with Crippen molar-refractivity contribution in [3.8, 4) is 0 Å². The van der Waals surface area contributed by atoms with Gasteiger partial charge in [0.05, 0.1) is 5.39 Å². The van der Waals surface area contributed by atoms with E-state index in [1.807, 2.05) is 6.20 Å². The number of hydrogen-bond acceptors (Lipinski definition) is 5. The molecule has 4 heterocycles. The van der Waals surface area contributed by atoms with Crippen molar-refractivity contribution in [1.82, 2.24) is 19.5 Å². The topological polar surface area (TPSA) is 46.8 Å². The van der Waals surface area contributed by atoms with E-state index in [2.05, 4.69) is 55.9 Å². The Balaban J connectivity index is 1.53. The summed E-state index contributed by atoms with van der Waals surface area (Å²) in [6, 6.07) is 2.60. The first-order valence-electron chi connectivity index (χ1n) is 8.20. The molecule has 0 unspecified atom stereocenters. The molecule has 1 aliphatic heterocycles. The monoisotopic (exact) mass is 327 g/mol. The maximum absolute atomic E-state index is 4.62. The Morgan fingerprint density at radius 2 is 2.00 bits per heavy atom. The highest BCUT2D eigenvalue weighted by molar-refractivity contribution is 7.16. The summed E-state index contributed by atoms with van der Waals surface area (Å²) in [6.45, 7) is 6.48. The van der Waals surface area contributed by atoms with Gasteiger partial charge in [0.25, 0.3) is 0 Å². The second-order valence-electron chi connectivity index (χ2n) is 6.38. The SMILES string of the molecule is CC(C)n1ccnc1C1CCN(c2ncnc3sccc23)CC1. The highest BCUT2D eigenvalue weighted by Gasteiger charge is 2.26. The Morgan fingerprint density at radius 1 is 1.17 bits per heavy atom. The van der Waals surface area contributed by atoms with Gasteiger partial charge < -0.3 is 9.47 Å². The van der Waals surface area contributed by atoms with Crippen LogP contribution in [0.3, 0.4) is 0 Å². The number of imidazole rings is 1. The molecule has 0 radical (unpaired) electrons. The second kappa shape index (κ2) is 5.92. The van der Waals surface area contributed by atoms with Crippen LogP contribution in [0.5, 0.6) is 0 Å². The van der Waals surface area contributed by atoms with Crippen molar-refractivity contribution in [2.75, 3.05) is 18.0 Å². The average Bonchev–Trinajstić information content (AvgIpc) is 3.23. The molecule has 4 rings (SSSR count). The van der Waals surface area contributed by atoms with E-state index in [4.69, 9.17) is 0 Å². The van der Waals surface area contributed by atoms with Gasteiger partial charge in [0, 0.05) is 37.4 Å². The predicted octanol–water partition coefficient (Wildman–Crippen LogP) is 3.85. The van der Waals surface area contributed by atoms with Crippen molar-refractivity contribution in [1.29, 1.82) is 0 Å². The van der Waals surface area contributed by atoms with Crippen molar-refractivity contribution in [3.05, 3.63) is 36.0 Å². The number of hydrogen-bond donors (Lipinski definition) is 0. The Morgan fingerprint density at radius 3 is 2.78 bits per heavy atom. The first-order valence-corrected chi connectivity index (χ1v) is 9.08. The Labute approximate surface area is 140 Å². The molecule has 3 aromatic rings. The molecular weight excluding hydrogens is 306 g/mol. The van der Waals surface area contributed by atoms with Gasteiger partial charge in [0.15, 0.2) is 0 Å². The summed E-state index contributed by atoms with van der Waals surface area (Å²) < 4.78 is 2.31. The van der Waals surface area contributed by atoms with Crippen LogP contribution >= 0.6 is 11.3 Å². The highest BCUT2D eigenvalue weighted by Crippen LogP contribution is 2.33. The highest BCUT2D eigenvalue weighted by atomic mass is 32.1. The Kier molecular flexibility index (Phi) is 3.77. The lowest BCUT2D eigenvalue weighted by atomic mass is 9.95. The molecule has 5 nitrogen and oxygen atoms in total. The summed E-state index contributed by atoms with van der Waals surface area (Å²) in [4.78, 5) is 17.0. The standard InChI is InChI=1S/C17H21N5S/c1-12(2)22-9-6-18-15(22)13-3-7-21(8-4-13)16-14-5-10-23-17(14)20-11-19-16/h5-6,9-13H,3-4,7-8H2,1-2H3. The van der Waals surface area contributed by atoms with E-state index in [1.54, 1.807) is 17.7 Å². The zero-order chi connectivity index (χ0) is 15.8. The molecule has 0 bridgehead atoms. The third kappa shape index (κ3) is 2.61. The molecule has 0 N–H and O–H groups in total. The minimum atomic E-state index is 0.470. The molecule has 0 spiro atoms. The lowest BCUT2D eigenvalue weighted by Gasteiger charge is -2.33. The first kappa shape index (κ1) is 14.6. The van der Waals surface area contributed by atoms with Crippen LogP contribution in [0.4, 0.5) is 5.82 Å². The van der Waals surface area contributed by atoms with Crippen LogP contribution in [0.15, 0.2) is 30.2 Å². The number of anilines is 1. The molecule has 23 heavy (non-hydrogen) atoms. The fourth-order valence-electron chi connectivity index (χ4n) is 3.46. The second-order valence-corrected chi connectivity index (χ2v) is 7.28. The van der Waals surface area contributed by atoms with Crippen LogP contribution < -0.4 is 4.90 Å². The summed E-state index contributed by atoms with van der Waals surface area (Å²) >= 11 is 1.68. The van der Waals surface area contributed by atoms with Gasteiger partial charge in [0.1, 0.15) is 22.8 Å². The van der Waals surface area contributed by atoms with E-state index in [1.165, 1.54) is 11.2 Å². The van der Waals surface area contributed by atoms with Crippen LogP contribution in [-0.4, -0.2) is 32.6 Å². The molecule has 0 amide bonds. The largest absolute Gasteiger partial charge is 0.356 e. The van der Waals surface area contributed by atoms with Crippen molar-refractivity contribution in [2.24, 2.45) is 0 Å². The zero-order valence-electron chi connectivity index (χ0n) is 13.5. The number of fused-ring (bicyclic) bond motifs is 1. The van der Waals surface area contributed by atoms with Crippen LogP contribution in [-0.2, 0) is 0 Å². The van der Waals surface area contributed by atoms with Gasteiger partial charge in [-0.05, 0) is 38.1 Å². The summed E-state index contributed by atoms with van der Waals surface area (Å²) in [6.07, 6.45) is 7.97. The van der Waals surface area contributed by atoms with Gasteiger partial charge in [0.2, 0.25) is 0 Å². The van der Waals surface area contributed by atoms with Gasteiger partial charge in [-0.2, -0.15) is 0 Å². The minimum absolute atomic E-state index is 0.470.